The molecule has 0 aliphatic heterocycles. The molecule has 0 amide bonds. The van der Waals surface area contributed by atoms with Crippen LogP contribution >= 0.6 is 0 Å². The molecule has 0 aliphatic carbocycles. The molecule has 62 heavy (non-hydrogen) atoms. The molecule has 0 heterocycles. The molecule has 6 nitrogen and oxygen atoms in total. The summed E-state index contributed by atoms with van der Waals surface area (Å²) < 4.78 is 16.9. The van der Waals surface area contributed by atoms with Gasteiger partial charge in [0.05, 0.1) is 0 Å². The maximum atomic E-state index is 12.8. The molecule has 0 aliphatic rings. The molecule has 0 bridgehead atoms. The highest BCUT2D eigenvalue weighted by Crippen LogP contribution is 2.18. The molecule has 0 fully saturated rings. The van der Waals surface area contributed by atoms with E-state index in [4.69, 9.17) is 14.2 Å². The molecule has 0 unspecified atom stereocenters. The average molecular weight is 877 g/mol. The van der Waals surface area contributed by atoms with Crippen LogP contribution in [-0.2, 0) is 28.6 Å². The summed E-state index contributed by atoms with van der Waals surface area (Å²) in [5, 5.41) is 0. The lowest BCUT2D eigenvalue weighted by molar-refractivity contribution is -0.167. The standard InChI is InChI=1S/C56H108O6/c1-50(2)42-36-30-24-18-13-9-7-11-15-21-27-33-39-45-54(57)60-48-53(49-61-55(58)46-40-34-28-23-17-20-26-32-38-44-52(5)6)62-56(59)47-41-35-29-22-16-12-8-10-14-19-25-31-37-43-51(3)4/h50-53H,7-49H2,1-6H3/t53-/m0/s1. The van der Waals surface area contributed by atoms with E-state index in [0.717, 1.165) is 75.5 Å². The molecule has 0 radical (unpaired) electrons. The molecule has 0 aromatic heterocycles. The lowest BCUT2D eigenvalue weighted by Crippen LogP contribution is -2.30. The SMILES string of the molecule is CC(C)CCCCCCCCCCCCCCCC(=O)OC[C@@H](COC(=O)CCCCCCCCCCCC(C)C)OC(=O)CCCCCCCCCCCCCCCC(C)C. The number of unbranched alkanes of at least 4 members (excludes halogenated alkanes) is 32. The van der Waals surface area contributed by atoms with Crippen molar-refractivity contribution in [1.29, 1.82) is 0 Å². The maximum Gasteiger partial charge on any atom is 0.306 e. The van der Waals surface area contributed by atoms with Gasteiger partial charge in [-0.05, 0) is 37.0 Å². The summed E-state index contributed by atoms with van der Waals surface area (Å²) in [5.41, 5.74) is 0. The maximum absolute atomic E-state index is 12.8. The first kappa shape index (κ1) is 60.4. The Morgan fingerprint density at radius 2 is 0.468 bits per heavy atom. The summed E-state index contributed by atoms with van der Waals surface area (Å²) in [6, 6.07) is 0. The first-order chi connectivity index (χ1) is 30.1. The molecule has 0 saturated heterocycles. The van der Waals surface area contributed by atoms with Gasteiger partial charge in [-0.3, -0.25) is 14.4 Å². The quantitative estimate of drug-likeness (QED) is 0.0344. The van der Waals surface area contributed by atoms with Crippen molar-refractivity contribution >= 4 is 17.9 Å². The van der Waals surface area contributed by atoms with Crippen molar-refractivity contribution < 1.29 is 28.6 Å². The van der Waals surface area contributed by atoms with E-state index in [2.05, 4.69) is 41.5 Å². The minimum absolute atomic E-state index is 0.0641. The van der Waals surface area contributed by atoms with Crippen LogP contribution in [0.2, 0.25) is 0 Å². The fourth-order valence-electron chi connectivity index (χ4n) is 8.47. The third-order valence-corrected chi connectivity index (χ3v) is 12.6. The van der Waals surface area contributed by atoms with Crippen LogP contribution in [0.1, 0.15) is 305 Å². The second kappa shape index (κ2) is 47.4. The highest BCUT2D eigenvalue weighted by Gasteiger charge is 2.19. The number of ether oxygens (including phenoxy) is 3. The third-order valence-electron chi connectivity index (χ3n) is 12.6. The summed E-state index contributed by atoms with van der Waals surface area (Å²) in [6.45, 7) is 13.7. The Hall–Kier alpha value is -1.59. The largest absolute Gasteiger partial charge is 0.462 e. The van der Waals surface area contributed by atoms with E-state index >= 15 is 0 Å². The summed E-state index contributed by atoms with van der Waals surface area (Å²) in [7, 11) is 0. The van der Waals surface area contributed by atoms with Gasteiger partial charge >= 0.3 is 17.9 Å². The second-order valence-electron chi connectivity index (χ2n) is 20.6. The van der Waals surface area contributed by atoms with Crippen LogP contribution in [0.4, 0.5) is 0 Å². The monoisotopic (exact) mass is 877 g/mol. The zero-order chi connectivity index (χ0) is 45.6. The molecule has 0 spiro atoms. The Morgan fingerprint density at radius 3 is 0.694 bits per heavy atom. The van der Waals surface area contributed by atoms with Crippen LogP contribution in [0.15, 0.2) is 0 Å². The van der Waals surface area contributed by atoms with Crippen molar-refractivity contribution in [2.45, 2.75) is 311 Å². The minimum Gasteiger partial charge on any atom is -0.462 e. The van der Waals surface area contributed by atoms with E-state index in [0.29, 0.717) is 19.3 Å². The normalized spacial score (nSPS) is 12.1. The van der Waals surface area contributed by atoms with Crippen molar-refractivity contribution in [3.8, 4) is 0 Å². The fourth-order valence-corrected chi connectivity index (χ4v) is 8.47. The Bertz CT molecular complexity index is 960. The highest BCUT2D eigenvalue weighted by atomic mass is 16.6. The van der Waals surface area contributed by atoms with Gasteiger partial charge < -0.3 is 14.2 Å². The summed E-state index contributed by atoms with van der Waals surface area (Å²) in [6.07, 6.45) is 48.1. The van der Waals surface area contributed by atoms with Crippen LogP contribution in [0.3, 0.4) is 0 Å². The van der Waals surface area contributed by atoms with Crippen molar-refractivity contribution in [1.82, 2.24) is 0 Å². The molecule has 6 heteroatoms. The van der Waals surface area contributed by atoms with Crippen molar-refractivity contribution in [2.24, 2.45) is 17.8 Å². The van der Waals surface area contributed by atoms with E-state index in [9.17, 15) is 14.4 Å². The number of rotatable bonds is 49. The zero-order valence-electron chi connectivity index (χ0n) is 42.7. The number of hydrogen-bond donors (Lipinski definition) is 0. The van der Waals surface area contributed by atoms with Gasteiger partial charge in [-0.25, -0.2) is 0 Å². The van der Waals surface area contributed by atoms with Crippen LogP contribution in [0.25, 0.3) is 0 Å². The fraction of sp³-hybridized carbons (Fsp3) is 0.946. The number of carbonyl (C=O) groups is 3. The number of esters is 3. The third kappa shape index (κ3) is 49.4. The smallest absolute Gasteiger partial charge is 0.306 e. The Labute approximate surface area is 387 Å². The highest BCUT2D eigenvalue weighted by molar-refractivity contribution is 5.71. The predicted octanol–water partition coefficient (Wildman–Crippen LogP) is 17.9. The molecular weight excluding hydrogens is 769 g/mol. The Morgan fingerprint density at radius 1 is 0.274 bits per heavy atom. The van der Waals surface area contributed by atoms with Crippen LogP contribution in [0, 0.1) is 17.8 Å². The zero-order valence-corrected chi connectivity index (χ0v) is 42.7. The van der Waals surface area contributed by atoms with Gasteiger partial charge in [0.2, 0.25) is 0 Å². The van der Waals surface area contributed by atoms with Crippen molar-refractivity contribution in [3.63, 3.8) is 0 Å². The van der Waals surface area contributed by atoms with Gasteiger partial charge in [0.1, 0.15) is 13.2 Å². The lowest BCUT2D eigenvalue weighted by atomic mass is 10.0. The van der Waals surface area contributed by atoms with E-state index in [1.54, 1.807) is 0 Å². The summed E-state index contributed by atoms with van der Waals surface area (Å²) in [4.78, 5) is 38.0. The first-order valence-corrected chi connectivity index (χ1v) is 27.6. The van der Waals surface area contributed by atoms with Crippen molar-refractivity contribution in [2.75, 3.05) is 13.2 Å². The predicted molar refractivity (Wildman–Crippen MR) is 266 cm³/mol. The van der Waals surface area contributed by atoms with E-state index in [-0.39, 0.29) is 31.1 Å². The summed E-state index contributed by atoms with van der Waals surface area (Å²) >= 11 is 0. The molecule has 368 valence electrons. The number of hydrogen-bond acceptors (Lipinski definition) is 6. The van der Waals surface area contributed by atoms with Crippen LogP contribution < -0.4 is 0 Å². The van der Waals surface area contributed by atoms with Gasteiger partial charge in [0, 0.05) is 19.3 Å². The first-order valence-electron chi connectivity index (χ1n) is 27.6. The lowest BCUT2D eigenvalue weighted by Gasteiger charge is -2.18. The van der Waals surface area contributed by atoms with Crippen LogP contribution in [0.5, 0.6) is 0 Å². The molecular formula is C56H108O6. The van der Waals surface area contributed by atoms with Crippen molar-refractivity contribution in [3.05, 3.63) is 0 Å². The average Bonchev–Trinajstić information content (AvgIpc) is 3.23. The molecule has 0 aromatic carbocycles. The van der Waals surface area contributed by atoms with Gasteiger partial charge in [-0.2, -0.15) is 0 Å². The molecule has 0 N–H and O–H groups in total. The molecule has 0 aromatic rings. The van der Waals surface area contributed by atoms with E-state index in [1.165, 1.54) is 186 Å². The Balaban J connectivity index is 4.30. The van der Waals surface area contributed by atoms with Gasteiger partial charge in [0.15, 0.2) is 6.10 Å². The second-order valence-corrected chi connectivity index (χ2v) is 20.6. The minimum atomic E-state index is -0.763. The molecule has 1 atom stereocenters. The summed E-state index contributed by atoms with van der Waals surface area (Å²) in [5.74, 6) is 1.64. The van der Waals surface area contributed by atoms with Gasteiger partial charge in [-0.1, -0.05) is 266 Å². The van der Waals surface area contributed by atoms with E-state index < -0.39 is 6.10 Å². The molecule has 0 rings (SSSR count). The Kier molecular flexibility index (Phi) is 46.2. The van der Waals surface area contributed by atoms with E-state index in [1.807, 2.05) is 0 Å². The van der Waals surface area contributed by atoms with Gasteiger partial charge in [-0.15, -0.1) is 0 Å². The van der Waals surface area contributed by atoms with Crippen LogP contribution in [-0.4, -0.2) is 37.2 Å². The van der Waals surface area contributed by atoms with Gasteiger partial charge in [0.25, 0.3) is 0 Å². The molecule has 0 saturated carbocycles. The topological polar surface area (TPSA) is 78.9 Å². The number of carbonyl (C=O) groups excluding carboxylic acids is 3.